The summed E-state index contributed by atoms with van der Waals surface area (Å²) in [5.41, 5.74) is 0. The molecule has 3 heterocycles. The van der Waals surface area contributed by atoms with Crippen molar-refractivity contribution in [2.24, 2.45) is 11.8 Å². The first-order valence-corrected chi connectivity index (χ1v) is 9.06. The van der Waals surface area contributed by atoms with Crippen molar-refractivity contribution in [3.05, 3.63) is 0 Å². The number of hydrogen-bond acceptors (Lipinski definition) is 10. The lowest BCUT2D eigenvalue weighted by atomic mass is 9.76. The van der Waals surface area contributed by atoms with E-state index in [2.05, 4.69) is 0 Å². The first kappa shape index (κ1) is 19.2. The van der Waals surface area contributed by atoms with Gasteiger partial charge in [0.1, 0.15) is 29.8 Å². The molecule has 26 heavy (non-hydrogen) atoms. The summed E-state index contributed by atoms with van der Waals surface area (Å²) in [6.45, 7) is -0.581. The molecular formula is C15H23ClO10. The molecule has 6 N–H and O–H groups in total. The molecule has 0 spiro atoms. The fourth-order valence-electron chi connectivity index (χ4n) is 4.62. The maximum absolute atomic E-state index is 10.8. The highest BCUT2D eigenvalue weighted by Gasteiger charge is 2.68. The molecule has 5 aliphatic rings. The lowest BCUT2D eigenvalue weighted by Crippen LogP contribution is -2.61. The zero-order valence-electron chi connectivity index (χ0n) is 13.7. The number of aliphatic hydroxyl groups excluding tert-OH is 5. The van der Waals surface area contributed by atoms with E-state index in [0.29, 0.717) is 6.42 Å². The Kier molecular flexibility index (Phi) is 4.99. The third-order valence-corrected chi connectivity index (χ3v) is 6.55. The largest absolute Gasteiger partial charge is 0.394 e. The van der Waals surface area contributed by atoms with Crippen LogP contribution >= 0.6 is 11.6 Å². The number of rotatable bonds is 3. The van der Waals surface area contributed by atoms with Crippen LogP contribution in [-0.4, -0.2) is 97.4 Å². The fraction of sp³-hybridized carbons (Fsp3) is 1.00. The third kappa shape index (κ3) is 2.72. The summed E-state index contributed by atoms with van der Waals surface area (Å²) < 4.78 is 11.2. The van der Waals surface area contributed by atoms with E-state index in [9.17, 15) is 30.6 Å². The second-order valence-electron chi connectivity index (χ2n) is 7.48. The van der Waals surface area contributed by atoms with Gasteiger partial charge in [-0.3, -0.25) is 0 Å². The van der Waals surface area contributed by atoms with Gasteiger partial charge in [0.05, 0.1) is 24.9 Å². The van der Waals surface area contributed by atoms with Crippen LogP contribution in [0.4, 0.5) is 0 Å². The molecule has 2 saturated carbocycles. The smallest absolute Gasteiger partial charge is 0.223 e. The molecule has 5 fully saturated rings. The van der Waals surface area contributed by atoms with Gasteiger partial charge in [0.2, 0.25) is 5.79 Å². The molecule has 11 heteroatoms. The van der Waals surface area contributed by atoms with Crippen molar-refractivity contribution in [1.82, 2.24) is 0 Å². The van der Waals surface area contributed by atoms with Crippen LogP contribution in [0, 0.1) is 11.8 Å². The molecule has 150 valence electrons. The van der Waals surface area contributed by atoms with Crippen LogP contribution in [0.15, 0.2) is 0 Å². The van der Waals surface area contributed by atoms with Crippen LogP contribution in [0.25, 0.3) is 0 Å². The van der Waals surface area contributed by atoms with Gasteiger partial charge in [-0.05, 0) is 12.3 Å². The van der Waals surface area contributed by atoms with Crippen LogP contribution in [0.1, 0.15) is 12.8 Å². The first-order chi connectivity index (χ1) is 12.3. The zero-order chi connectivity index (χ0) is 18.8. The molecular weight excluding hydrogens is 376 g/mol. The topological polar surface area (TPSA) is 158 Å². The molecule has 0 aromatic carbocycles. The van der Waals surface area contributed by atoms with E-state index in [1.165, 1.54) is 0 Å². The summed E-state index contributed by atoms with van der Waals surface area (Å²) in [6, 6.07) is 0. The Labute approximate surface area is 153 Å². The Morgan fingerprint density at radius 2 is 1.77 bits per heavy atom. The molecule has 0 radical (unpaired) electrons. The van der Waals surface area contributed by atoms with E-state index in [1.54, 1.807) is 0 Å². The second-order valence-corrected chi connectivity index (χ2v) is 7.95. The van der Waals surface area contributed by atoms with Gasteiger partial charge in [0.25, 0.3) is 0 Å². The fourth-order valence-corrected chi connectivity index (χ4v) is 4.98. The molecule has 3 aliphatic heterocycles. The van der Waals surface area contributed by atoms with Crippen LogP contribution < -0.4 is 0 Å². The van der Waals surface area contributed by atoms with E-state index >= 15 is 0 Å². The van der Waals surface area contributed by atoms with Gasteiger partial charge in [0.15, 0.2) is 6.29 Å². The van der Waals surface area contributed by atoms with Crippen LogP contribution in [0.5, 0.6) is 0 Å². The minimum atomic E-state index is -1.98. The standard InChI is InChI=1S/C15H23ClO10/c16-13-9(18)5-1-4-2-6(8(5)15(13,22)26-25-4)23-14-12(21)11(20)10(19)7(3-17)24-14/h4-14,17-22H,1-3H2/t4?,5-,6-,7-,8?,9+,10-,11-,12-,13?,14-,15+/m1/s1. The van der Waals surface area contributed by atoms with E-state index in [0.717, 1.165) is 0 Å². The minimum absolute atomic E-state index is 0.287. The molecule has 0 amide bonds. The maximum Gasteiger partial charge on any atom is 0.223 e. The molecule has 3 saturated heterocycles. The first-order valence-electron chi connectivity index (χ1n) is 8.63. The Morgan fingerprint density at radius 3 is 2.46 bits per heavy atom. The van der Waals surface area contributed by atoms with Gasteiger partial charge < -0.3 is 40.1 Å². The van der Waals surface area contributed by atoms with E-state index in [4.69, 9.17) is 30.8 Å². The molecule has 4 bridgehead atoms. The van der Waals surface area contributed by atoms with Crippen molar-refractivity contribution < 1.29 is 49.9 Å². The Hall–Kier alpha value is -0.110. The Bertz CT molecular complexity index is 537. The van der Waals surface area contributed by atoms with Crippen molar-refractivity contribution in [3.63, 3.8) is 0 Å². The van der Waals surface area contributed by atoms with Gasteiger partial charge in [-0.1, -0.05) is 0 Å². The highest BCUT2D eigenvalue weighted by molar-refractivity contribution is 6.22. The summed E-state index contributed by atoms with van der Waals surface area (Å²) in [6.07, 6.45) is -8.65. The Morgan fingerprint density at radius 1 is 1.04 bits per heavy atom. The van der Waals surface area contributed by atoms with Crippen LogP contribution in [-0.2, 0) is 19.2 Å². The number of fused-ring (bicyclic) bond motifs is 2. The Balaban J connectivity index is 1.57. The monoisotopic (exact) mass is 398 g/mol. The number of hydrogen-bond donors (Lipinski definition) is 6. The highest BCUT2D eigenvalue weighted by atomic mass is 35.5. The average molecular weight is 399 g/mol. The predicted octanol–water partition coefficient (Wildman–Crippen LogP) is -2.80. The second kappa shape index (κ2) is 6.75. The lowest BCUT2D eigenvalue weighted by Gasteiger charge is -2.44. The van der Waals surface area contributed by atoms with Gasteiger partial charge in [-0.15, -0.1) is 11.6 Å². The van der Waals surface area contributed by atoms with E-state index in [-0.39, 0.29) is 6.42 Å². The average Bonchev–Trinajstić information content (AvgIpc) is 2.77. The van der Waals surface area contributed by atoms with Gasteiger partial charge in [0, 0.05) is 12.3 Å². The number of alkyl halides is 1. The quantitative estimate of drug-likeness (QED) is 0.216. The summed E-state index contributed by atoms with van der Waals surface area (Å²) in [7, 11) is 0. The zero-order valence-corrected chi connectivity index (χ0v) is 14.4. The molecule has 0 aromatic rings. The normalized spacial score (nSPS) is 59.4. The SMILES string of the molecule is OC[C@H]1O[C@@H](O[C@@H]2CC3C[C@@H]4C2[C@](O)(OO3)C(Cl)[C@H]4O)[C@H](O)[C@H](O)[C@@H]1O. The van der Waals surface area contributed by atoms with Gasteiger partial charge in [-0.25, -0.2) is 4.89 Å². The highest BCUT2D eigenvalue weighted by Crippen LogP contribution is 2.55. The molecule has 3 unspecified atom stereocenters. The minimum Gasteiger partial charge on any atom is -0.394 e. The molecule has 10 nitrogen and oxygen atoms in total. The predicted molar refractivity (Wildman–Crippen MR) is 81.4 cm³/mol. The number of halogens is 1. The van der Waals surface area contributed by atoms with Crippen molar-refractivity contribution in [3.8, 4) is 0 Å². The van der Waals surface area contributed by atoms with Gasteiger partial charge >= 0.3 is 0 Å². The molecule has 0 aromatic heterocycles. The summed E-state index contributed by atoms with van der Waals surface area (Å²) in [5, 5.41) is 59.3. The summed E-state index contributed by atoms with van der Waals surface area (Å²) >= 11 is 6.15. The van der Waals surface area contributed by atoms with Crippen molar-refractivity contribution in [1.29, 1.82) is 0 Å². The number of aliphatic hydroxyl groups is 6. The molecule has 2 aliphatic carbocycles. The van der Waals surface area contributed by atoms with Crippen LogP contribution in [0.2, 0.25) is 0 Å². The molecule has 12 atom stereocenters. The maximum atomic E-state index is 10.8. The van der Waals surface area contributed by atoms with Crippen molar-refractivity contribution in [2.75, 3.05) is 6.61 Å². The van der Waals surface area contributed by atoms with E-state index in [1.807, 2.05) is 0 Å². The number of ether oxygens (including phenoxy) is 2. The third-order valence-electron chi connectivity index (χ3n) is 5.98. The summed E-state index contributed by atoms with van der Waals surface area (Å²) in [5.74, 6) is -3.17. The van der Waals surface area contributed by atoms with Crippen molar-refractivity contribution in [2.45, 2.75) is 73.0 Å². The van der Waals surface area contributed by atoms with Gasteiger partial charge in [-0.2, -0.15) is 4.89 Å². The van der Waals surface area contributed by atoms with Crippen LogP contribution in [0.3, 0.4) is 0 Å². The molecule has 5 rings (SSSR count). The lowest BCUT2D eigenvalue weighted by molar-refractivity contribution is -0.431. The van der Waals surface area contributed by atoms with E-state index < -0.39 is 78.6 Å². The summed E-state index contributed by atoms with van der Waals surface area (Å²) in [4.78, 5) is 10.3. The van der Waals surface area contributed by atoms with Crippen molar-refractivity contribution >= 4 is 11.6 Å².